The highest BCUT2D eigenvalue weighted by Crippen LogP contribution is 2.29. The number of carbonyl (C=O) groups excluding carboxylic acids is 1. The van der Waals surface area contributed by atoms with Gasteiger partial charge in [-0.3, -0.25) is 4.79 Å². The molecule has 0 fully saturated rings. The number of rotatable bonds is 5. The predicted molar refractivity (Wildman–Crippen MR) is 104 cm³/mol. The summed E-state index contributed by atoms with van der Waals surface area (Å²) >= 11 is 6.00. The van der Waals surface area contributed by atoms with Gasteiger partial charge in [-0.15, -0.1) is 0 Å². The Morgan fingerprint density at radius 2 is 1.92 bits per heavy atom. The van der Waals surface area contributed by atoms with Crippen LogP contribution in [0.4, 0.5) is 5.69 Å². The molecule has 0 aliphatic carbocycles. The van der Waals surface area contributed by atoms with Gasteiger partial charge >= 0.3 is 5.97 Å². The van der Waals surface area contributed by atoms with Crippen LogP contribution in [0.2, 0.25) is 5.02 Å². The second-order valence-electron chi connectivity index (χ2n) is 7.26. The summed E-state index contributed by atoms with van der Waals surface area (Å²) in [6.45, 7) is 5.39. The van der Waals surface area contributed by atoms with Crippen LogP contribution in [0.15, 0.2) is 42.5 Å². The van der Waals surface area contributed by atoms with Crippen molar-refractivity contribution in [3.8, 4) is 0 Å². The topological polar surface area (TPSA) is 98.6 Å². The van der Waals surface area contributed by atoms with Crippen LogP contribution < -0.4 is 11.5 Å². The molecule has 0 saturated carbocycles. The minimum Gasteiger partial charge on any atom is -0.459 e. The number of aliphatic hydroxyl groups is 1. The first kappa shape index (κ1) is 20.2. The molecule has 0 saturated heterocycles. The molecule has 26 heavy (non-hydrogen) atoms. The molecule has 0 aliphatic heterocycles. The van der Waals surface area contributed by atoms with E-state index in [1.807, 2.05) is 6.07 Å². The second-order valence-corrected chi connectivity index (χ2v) is 7.70. The molecule has 0 radical (unpaired) electrons. The number of nitrogens with two attached hydrogens (primary N) is 2. The molecule has 0 heterocycles. The Balaban J connectivity index is 2.17. The van der Waals surface area contributed by atoms with Gasteiger partial charge in [0.2, 0.25) is 0 Å². The number of benzene rings is 2. The molecule has 0 spiro atoms. The van der Waals surface area contributed by atoms with Gasteiger partial charge in [0.15, 0.2) is 0 Å². The van der Waals surface area contributed by atoms with Gasteiger partial charge < -0.3 is 21.3 Å². The fourth-order valence-corrected chi connectivity index (χ4v) is 2.75. The van der Waals surface area contributed by atoms with Gasteiger partial charge in [0.1, 0.15) is 17.7 Å². The number of hydrogen-bond acceptors (Lipinski definition) is 5. The van der Waals surface area contributed by atoms with Crippen LogP contribution in [0.1, 0.15) is 43.6 Å². The van der Waals surface area contributed by atoms with E-state index >= 15 is 0 Å². The second kappa shape index (κ2) is 8.08. The highest BCUT2D eigenvalue weighted by molar-refractivity contribution is 6.30. The van der Waals surface area contributed by atoms with E-state index in [1.54, 1.807) is 57.2 Å². The quantitative estimate of drug-likeness (QED) is 0.549. The Hall–Kier alpha value is -2.08. The Morgan fingerprint density at radius 1 is 1.23 bits per heavy atom. The molecule has 2 unspecified atom stereocenters. The zero-order valence-electron chi connectivity index (χ0n) is 15.2. The zero-order chi connectivity index (χ0) is 19.5. The van der Waals surface area contributed by atoms with Crippen LogP contribution in [0.3, 0.4) is 0 Å². The van der Waals surface area contributed by atoms with E-state index < -0.39 is 23.7 Å². The average molecular weight is 377 g/mol. The normalized spacial score (nSPS) is 13.9. The molecule has 0 aliphatic rings. The van der Waals surface area contributed by atoms with E-state index in [1.165, 1.54) is 0 Å². The summed E-state index contributed by atoms with van der Waals surface area (Å²) in [5, 5.41) is 11.2. The number of nitrogen functional groups attached to an aromatic ring is 1. The Morgan fingerprint density at radius 3 is 2.58 bits per heavy atom. The van der Waals surface area contributed by atoms with Crippen LogP contribution in [-0.2, 0) is 16.0 Å². The van der Waals surface area contributed by atoms with Crippen molar-refractivity contribution in [2.45, 2.75) is 44.9 Å². The number of esters is 1. The predicted octanol–water partition coefficient (Wildman–Crippen LogP) is 3.22. The number of halogens is 1. The molecule has 2 aromatic carbocycles. The Kier molecular flexibility index (Phi) is 6.29. The first-order valence-electron chi connectivity index (χ1n) is 8.37. The van der Waals surface area contributed by atoms with Crippen molar-refractivity contribution in [1.29, 1.82) is 0 Å². The fraction of sp³-hybridized carbons (Fsp3) is 0.350. The number of aliphatic hydroxyl groups excluding tert-OH is 1. The average Bonchev–Trinajstić information content (AvgIpc) is 2.55. The van der Waals surface area contributed by atoms with Crippen molar-refractivity contribution < 1.29 is 14.6 Å². The molecular weight excluding hydrogens is 352 g/mol. The summed E-state index contributed by atoms with van der Waals surface area (Å²) in [5.41, 5.74) is 13.8. The van der Waals surface area contributed by atoms with Gasteiger partial charge in [-0.1, -0.05) is 35.9 Å². The van der Waals surface area contributed by atoms with Crippen LogP contribution in [0.5, 0.6) is 0 Å². The number of anilines is 1. The van der Waals surface area contributed by atoms with E-state index in [0.29, 0.717) is 28.3 Å². The number of ether oxygens (including phenoxy) is 1. The molecule has 140 valence electrons. The molecule has 2 rings (SSSR count). The van der Waals surface area contributed by atoms with Crippen molar-refractivity contribution in [1.82, 2.24) is 0 Å². The summed E-state index contributed by atoms with van der Waals surface area (Å²) in [6, 6.07) is 11.4. The lowest BCUT2D eigenvalue weighted by molar-refractivity contribution is -0.156. The molecule has 6 heteroatoms. The zero-order valence-corrected chi connectivity index (χ0v) is 16.0. The van der Waals surface area contributed by atoms with E-state index in [4.69, 9.17) is 27.8 Å². The third-order valence-electron chi connectivity index (χ3n) is 3.78. The molecule has 2 atom stereocenters. The third-order valence-corrected chi connectivity index (χ3v) is 4.01. The minimum atomic E-state index is -0.925. The first-order valence-corrected chi connectivity index (χ1v) is 8.75. The lowest BCUT2D eigenvalue weighted by Crippen LogP contribution is -2.38. The summed E-state index contributed by atoms with van der Waals surface area (Å²) in [6.07, 6.45) is -0.619. The van der Waals surface area contributed by atoms with Crippen molar-refractivity contribution >= 4 is 23.3 Å². The van der Waals surface area contributed by atoms with E-state index in [0.717, 1.165) is 5.56 Å². The maximum absolute atomic E-state index is 12.1. The first-order chi connectivity index (χ1) is 12.1. The van der Waals surface area contributed by atoms with Crippen LogP contribution in [0.25, 0.3) is 0 Å². The highest BCUT2D eigenvalue weighted by Gasteiger charge is 2.23. The largest absolute Gasteiger partial charge is 0.459 e. The maximum atomic E-state index is 12.1. The van der Waals surface area contributed by atoms with Crippen LogP contribution >= 0.6 is 11.6 Å². The third kappa shape index (κ3) is 5.46. The molecule has 5 N–H and O–H groups in total. The molecule has 0 bridgehead atoms. The summed E-state index contributed by atoms with van der Waals surface area (Å²) in [5.74, 6) is -0.456. The van der Waals surface area contributed by atoms with E-state index in [2.05, 4.69) is 0 Å². The van der Waals surface area contributed by atoms with Crippen molar-refractivity contribution in [2.75, 3.05) is 5.73 Å². The van der Waals surface area contributed by atoms with Crippen LogP contribution in [0, 0.1) is 0 Å². The van der Waals surface area contributed by atoms with Crippen molar-refractivity contribution in [3.05, 3.63) is 64.2 Å². The molecule has 2 aromatic rings. The molecule has 5 nitrogen and oxygen atoms in total. The molecular formula is C20H25ClN2O3. The van der Waals surface area contributed by atoms with Gasteiger partial charge in [0, 0.05) is 16.3 Å². The minimum absolute atomic E-state index is 0.306. The molecule has 0 amide bonds. The highest BCUT2D eigenvalue weighted by atomic mass is 35.5. The Bertz CT molecular complexity index is 787. The van der Waals surface area contributed by atoms with Gasteiger partial charge in [-0.2, -0.15) is 0 Å². The Labute approximate surface area is 158 Å². The summed E-state index contributed by atoms with van der Waals surface area (Å²) < 4.78 is 5.30. The van der Waals surface area contributed by atoms with Gasteiger partial charge in [0.05, 0.1) is 0 Å². The van der Waals surface area contributed by atoms with Crippen molar-refractivity contribution in [3.63, 3.8) is 0 Å². The van der Waals surface area contributed by atoms with Crippen LogP contribution in [-0.4, -0.2) is 22.7 Å². The summed E-state index contributed by atoms with van der Waals surface area (Å²) in [7, 11) is 0. The van der Waals surface area contributed by atoms with Gasteiger partial charge in [-0.25, -0.2) is 0 Å². The standard InChI is InChI=1S/C20H25ClN2O3/c1-20(2,3)26-19(25)17(23)10-12-5-4-6-13(9-12)18(24)15-11-14(21)7-8-16(15)22/h4-9,11,17-18,24H,10,22-23H2,1-3H3. The number of hydrogen-bond donors (Lipinski definition) is 3. The maximum Gasteiger partial charge on any atom is 0.323 e. The lowest BCUT2D eigenvalue weighted by Gasteiger charge is -2.22. The fourth-order valence-electron chi connectivity index (χ4n) is 2.57. The van der Waals surface area contributed by atoms with E-state index in [-0.39, 0.29) is 0 Å². The summed E-state index contributed by atoms with van der Waals surface area (Å²) in [4.78, 5) is 12.1. The lowest BCUT2D eigenvalue weighted by atomic mass is 9.96. The van der Waals surface area contributed by atoms with Crippen molar-refractivity contribution in [2.24, 2.45) is 5.73 Å². The SMILES string of the molecule is CC(C)(C)OC(=O)C(N)Cc1cccc(C(O)c2cc(Cl)ccc2N)c1. The van der Waals surface area contributed by atoms with Gasteiger partial charge in [0.25, 0.3) is 0 Å². The molecule has 0 aromatic heterocycles. The smallest absolute Gasteiger partial charge is 0.323 e. The monoisotopic (exact) mass is 376 g/mol. The van der Waals surface area contributed by atoms with E-state index in [9.17, 15) is 9.90 Å². The number of carbonyl (C=O) groups is 1. The van der Waals surface area contributed by atoms with Gasteiger partial charge in [-0.05, 0) is 56.5 Å².